The normalized spacial score (nSPS) is 9.11. The molecule has 0 radical (unpaired) electrons. The van der Waals surface area contributed by atoms with Crippen LogP contribution in [-0.2, 0) is 9.59 Å². The fraction of sp³-hybridized carbons (Fsp3) is 0.833. The number of rotatable bonds is 5. The summed E-state index contributed by atoms with van der Waals surface area (Å²) in [5, 5.41) is 15.5. The van der Waals surface area contributed by atoms with Crippen molar-refractivity contribution in [2.75, 3.05) is 40.3 Å². The second-order valence-electron chi connectivity index (χ2n) is 3.77. The molecule has 2 N–H and O–H groups in total. The van der Waals surface area contributed by atoms with Gasteiger partial charge in [0.2, 0.25) is 0 Å². The van der Waals surface area contributed by atoms with Gasteiger partial charge in [-0.15, -0.1) is 0 Å². The molecule has 0 aromatic carbocycles. The number of carbonyl (C=O) groups is 2. The molecule has 0 saturated carbocycles. The molecule has 0 heterocycles. The van der Waals surface area contributed by atoms with Crippen molar-refractivity contribution in [3.8, 4) is 0 Å². The molecule has 18 heavy (non-hydrogen) atoms. The highest BCUT2D eigenvalue weighted by Gasteiger charge is 1.94. The van der Waals surface area contributed by atoms with Gasteiger partial charge in [0.25, 0.3) is 5.97 Å². The molecule has 0 aliphatic heterocycles. The van der Waals surface area contributed by atoms with Crippen molar-refractivity contribution in [3.63, 3.8) is 0 Å². The number of carboxylic acid groups (broad SMARTS) is 2. The highest BCUT2D eigenvalue weighted by atomic mass is 16.4. The Morgan fingerprint density at radius 3 is 1.22 bits per heavy atom. The molecule has 0 unspecified atom stereocenters. The van der Waals surface area contributed by atoms with Crippen molar-refractivity contribution in [3.05, 3.63) is 0 Å². The Labute approximate surface area is 110 Å². The minimum Gasteiger partial charge on any atom is -0.481 e. The van der Waals surface area contributed by atoms with E-state index in [0.29, 0.717) is 0 Å². The summed E-state index contributed by atoms with van der Waals surface area (Å²) in [4.78, 5) is 22.7. The minimum atomic E-state index is -0.833. The summed E-state index contributed by atoms with van der Waals surface area (Å²) in [7, 11) is 3.43. The molecule has 0 saturated heterocycles. The van der Waals surface area contributed by atoms with Crippen LogP contribution in [0.4, 0.5) is 0 Å². The first-order valence-electron chi connectivity index (χ1n) is 5.99. The van der Waals surface area contributed by atoms with E-state index in [1.807, 2.05) is 0 Å². The first-order chi connectivity index (χ1) is 8.20. The van der Waals surface area contributed by atoms with Crippen molar-refractivity contribution < 1.29 is 19.8 Å². The molecule has 0 bridgehead atoms. The average Bonchev–Trinajstić information content (AvgIpc) is 2.18. The molecule has 0 fully saturated rings. The first-order valence-corrected chi connectivity index (χ1v) is 5.99. The van der Waals surface area contributed by atoms with Gasteiger partial charge >= 0.3 is 5.97 Å². The molecular weight excluding hydrogens is 236 g/mol. The summed E-state index contributed by atoms with van der Waals surface area (Å²) in [5.41, 5.74) is 0. The van der Waals surface area contributed by atoms with Crippen LogP contribution in [0.15, 0.2) is 0 Å². The maximum absolute atomic E-state index is 9.77. The first kappa shape index (κ1) is 22.1. The number of aliphatic carboxylic acids is 2. The summed E-state index contributed by atoms with van der Waals surface area (Å²) in [6.07, 6.45) is 0. The predicted octanol–water partition coefficient (Wildman–Crippen LogP) is 1.07. The van der Waals surface area contributed by atoms with Gasteiger partial charge in [0, 0.05) is 6.92 Å². The van der Waals surface area contributed by atoms with Crippen molar-refractivity contribution >= 4 is 11.9 Å². The van der Waals surface area contributed by atoms with Crippen molar-refractivity contribution in [2.24, 2.45) is 0 Å². The Morgan fingerprint density at radius 2 is 1.22 bits per heavy atom. The monoisotopic (exact) mass is 264 g/mol. The summed E-state index contributed by atoms with van der Waals surface area (Å²) in [6, 6.07) is 0. The van der Waals surface area contributed by atoms with Crippen LogP contribution in [0.2, 0.25) is 0 Å². The third kappa shape index (κ3) is 36.4. The summed E-state index contributed by atoms with van der Waals surface area (Å²) in [5.74, 6) is -1.62. The van der Waals surface area contributed by atoms with Gasteiger partial charge in [-0.1, -0.05) is 20.8 Å². The van der Waals surface area contributed by atoms with Crippen LogP contribution in [0.1, 0.15) is 27.7 Å². The number of hydrogen-bond donors (Lipinski definition) is 2. The lowest BCUT2D eigenvalue weighted by molar-refractivity contribution is -0.137. The van der Waals surface area contributed by atoms with Crippen molar-refractivity contribution in [1.29, 1.82) is 0 Å². The number of hydrogen-bond acceptors (Lipinski definition) is 4. The molecule has 0 spiro atoms. The molecule has 110 valence electrons. The lowest BCUT2D eigenvalue weighted by Gasteiger charge is -2.13. The van der Waals surface area contributed by atoms with E-state index in [0.717, 1.165) is 6.92 Å². The van der Waals surface area contributed by atoms with Crippen LogP contribution in [-0.4, -0.2) is 72.2 Å². The summed E-state index contributed by atoms with van der Waals surface area (Å²) < 4.78 is 0. The summed E-state index contributed by atoms with van der Waals surface area (Å²) in [6.45, 7) is 11.3. The van der Waals surface area contributed by atoms with E-state index < -0.39 is 11.9 Å². The highest BCUT2D eigenvalue weighted by Crippen LogP contribution is 1.81. The standard InChI is InChI=1S/C6H15N.C4H9NO2.C2H4O2/c1-4-7(5-2)6-3;1-5(2)3-4(6)7;1-2(3)4/h4-6H2,1-3H3;3H2,1-2H3,(H,6,7);1H3,(H,3,4). The maximum atomic E-state index is 9.77. The lowest BCUT2D eigenvalue weighted by atomic mass is 10.5. The van der Waals surface area contributed by atoms with E-state index in [4.69, 9.17) is 15.0 Å². The zero-order valence-corrected chi connectivity index (χ0v) is 12.4. The molecule has 0 amide bonds. The Balaban J connectivity index is -0.000000196. The molecule has 0 aliphatic rings. The van der Waals surface area contributed by atoms with Gasteiger partial charge in [-0.05, 0) is 33.7 Å². The van der Waals surface area contributed by atoms with Crippen molar-refractivity contribution in [2.45, 2.75) is 27.7 Å². The van der Waals surface area contributed by atoms with Gasteiger partial charge in [0.15, 0.2) is 0 Å². The van der Waals surface area contributed by atoms with Gasteiger partial charge in [0.05, 0.1) is 6.54 Å². The SMILES string of the molecule is CC(=O)O.CCN(CC)CC.CN(C)CC(=O)O. The Kier molecular flexibility index (Phi) is 19.5. The quantitative estimate of drug-likeness (QED) is 0.773. The minimum absolute atomic E-state index is 0.111. The second kappa shape index (κ2) is 15.9. The maximum Gasteiger partial charge on any atom is 0.317 e. The Hall–Kier alpha value is -1.14. The molecule has 6 nitrogen and oxygen atoms in total. The van der Waals surface area contributed by atoms with Crippen molar-refractivity contribution in [1.82, 2.24) is 9.80 Å². The average molecular weight is 264 g/mol. The smallest absolute Gasteiger partial charge is 0.317 e. The van der Waals surface area contributed by atoms with E-state index in [2.05, 4.69) is 25.7 Å². The van der Waals surface area contributed by atoms with Gasteiger partial charge < -0.3 is 15.1 Å². The van der Waals surface area contributed by atoms with Gasteiger partial charge in [-0.25, -0.2) is 0 Å². The topological polar surface area (TPSA) is 81.1 Å². The predicted molar refractivity (Wildman–Crippen MR) is 73.0 cm³/mol. The third-order valence-electron chi connectivity index (χ3n) is 1.79. The largest absolute Gasteiger partial charge is 0.481 e. The zero-order chi connectivity index (χ0) is 15.1. The van der Waals surface area contributed by atoms with Gasteiger partial charge in [0.1, 0.15) is 0 Å². The molecule has 0 atom stereocenters. The van der Waals surface area contributed by atoms with Crippen LogP contribution in [0.3, 0.4) is 0 Å². The third-order valence-corrected chi connectivity index (χ3v) is 1.79. The van der Waals surface area contributed by atoms with Crippen LogP contribution < -0.4 is 0 Å². The Bertz CT molecular complexity index is 195. The van der Waals surface area contributed by atoms with E-state index >= 15 is 0 Å². The number of carboxylic acids is 2. The van der Waals surface area contributed by atoms with Gasteiger partial charge in [-0.3, -0.25) is 14.5 Å². The van der Waals surface area contributed by atoms with Crippen LogP contribution in [0.25, 0.3) is 0 Å². The zero-order valence-electron chi connectivity index (χ0n) is 12.4. The van der Waals surface area contributed by atoms with Crippen LogP contribution in [0.5, 0.6) is 0 Å². The number of likely N-dealkylation sites (N-methyl/N-ethyl adjacent to an activating group) is 1. The molecule has 0 aromatic rings. The number of nitrogens with zero attached hydrogens (tertiary/aromatic N) is 2. The second-order valence-corrected chi connectivity index (χ2v) is 3.77. The Morgan fingerprint density at radius 1 is 0.944 bits per heavy atom. The van der Waals surface area contributed by atoms with E-state index in [1.165, 1.54) is 19.6 Å². The van der Waals surface area contributed by atoms with E-state index in [-0.39, 0.29) is 6.54 Å². The van der Waals surface area contributed by atoms with Crippen LogP contribution >= 0.6 is 0 Å². The molecule has 6 heteroatoms. The van der Waals surface area contributed by atoms with E-state index in [1.54, 1.807) is 19.0 Å². The fourth-order valence-electron chi connectivity index (χ4n) is 0.941. The molecule has 0 aliphatic carbocycles. The molecule has 0 rings (SSSR count). The summed E-state index contributed by atoms with van der Waals surface area (Å²) >= 11 is 0. The molecular formula is C12H28N2O4. The van der Waals surface area contributed by atoms with E-state index in [9.17, 15) is 4.79 Å². The fourth-order valence-corrected chi connectivity index (χ4v) is 0.941. The van der Waals surface area contributed by atoms with Crippen LogP contribution in [0, 0.1) is 0 Å². The lowest BCUT2D eigenvalue weighted by Crippen LogP contribution is -2.21. The molecule has 0 aromatic heterocycles. The van der Waals surface area contributed by atoms with Gasteiger partial charge in [-0.2, -0.15) is 0 Å². The highest BCUT2D eigenvalue weighted by molar-refractivity contribution is 5.68.